The number of benzene rings is 1. The second kappa shape index (κ2) is 6.99. The van der Waals surface area contributed by atoms with Crippen molar-refractivity contribution >= 4 is 23.0 Å². The first kappa shape index (κ1) is 15.9. The maximum Gasteiger partial charge on any atom is 0.338 e. The van der Waals surface area contributed by atoms with Gasteiger partial charge >= 0.3 is 5.97 Å². The molecule has 1 heterocycles. The molecule has 0 saturated carbocycles. The number of carbonyl (C=O) groups excluding carboxylic acids is 1. The predicted molar refractivity (Wildman–Crippen MR) is 80.5 cm³/mol. The summed E-state index contributed by atoms with van der Waals surface area (Å²) in [5, 5.41) is 10.9. The Morgan fingerprint density at radius 2 is 2.18 bits per heavy atom. The van der Waals surface area contributed by atoms with Crippen molar-refractivity contribution in [1.82, 2.24) is 4.98 Å². The summed E-state index contributed by atoms with van der Waals surface area (Å²) in [6.07, 6.45) is 0.646. The number of methoxy groups -OCH3 is 1. The molecule has 0 bridgehead atoms. The van der Waals surface area contributed by atoms with Gasteiger partial charge in [-0.1, -0.05) is 0 Å². The Hall–Kier alpha value is -2.48. The van der Waals surface area contributed by atoms with E-state index in [0.717, 1.165) is 16.6 Å². The van der Waals surface area contributed by atoms with Gasteiger partial charge in [0, 0.05) is 17.4 Å². The highest BCUT2D eigenvalue weighted by atomic mass is 32.1. The van der Waals surface area contributed by atoms with Crippen LogP contribution in [0, 0.1) is 17.0 Å². The largest absolute Gasteiger partial charge is 0.493 e. The van der Waals surface area contributed by atoms with Gasteiger partial charge in [0.25, 0.3) is 5.69 Å². The molecular formula is C14H14N2O5S. The molecule has 2 aromatic rings. The number of rotatable bonds is 6. The summed E-state index contributed by atoms with van der Waals surface area (Å²) in [4.78, 5) is 27.1. The minimum absolute atomic E-state index is 0.0840. The summed E-state index contributed by atoms with van der Waals surface area (Å²) in [5.41, 5.74) is 2.57. The highest BCUT2D eigenvalue weighted by molar-refractivity contribution is 7.09. The van der Waals surface area contributed by atoms with E-state index in [9.17, 15) is 14.9 Å². The van der Waals surface area contributed by atoms with Crippen molar-refractivity contribution < 1.29 is 19.2 Å². The zero-order valence-corrected chi connectivity index (χ0v) is 12.9. The molecule has 0 aliphatic rings. The minimum Gasteiger partial charge on any atom is -0.493 e. The van der Waals surface area contributed by atoms with E-state index in [1.807, 2.05) is 6.92 Å². The van der Waals surface area contributed by atoms with Crippen LogP contribution >= 0.6 is 11.3 Å². The number of nitrogens with zero attached hydrogens (tertiary/aromatic N) is 2. The Balaban J connectivity index is 2.12. The number of ether oxygens (including phenoxy) is 2. The smallest absolute Gasteiger partial charge is 0.338 e. The zero-order chi connectivity index (χ0) is 16.1. The number of nitro benzene ring substituents is 1. The van der Waals surface area contributed by atoms with E-state index in [0.29, 0.717) is 13.0 Å². The van der Waals surface area contributed by atoms with E-state index in [2.05, 4.69) is 9.72 Å². The van der Waals surface area contributed by atoms with Gasteiger partial charge in [0.15, 0.2) is 0 Å². The minimum atomic E-state index is -0.646. The highest BCUT2D eigenvalue weighted by Crippen LogP contribution is 2.24. The Bertz CT molecular complexity index is 698. The third-order valence-electron chi connectivity index (χ3n) is 2.97. The molecule has 0 saturated heterocycles. The lowest BCUT2D eigenvalue weighted by atomic mass is 10.2. The number of aryl methyl sites for hydroxylation is 1. The molecule has 22 heavy (non-hydrogen) atoms. The van der Waals surface area contributed by atoms with Gasteiger partial charge in [0.1, 0.15) is 5.75 Å². The van der Waals surface area contributed by atoms with Crippen LogP contribution in [0.3, 0.4) is 0 Å². The highest BCUT2D eigenvalue weighted by Gasteiger charge is 2.15. The fraction of sp³-hybridized carbons (Fsp3) is 0.286. The first-order valence-corrected chi connectivity index (χ1v) is 7.28. The molecule has 8 heteroatoms. The SMILES string of the molecule is COC(=O)c1cc(OCCc2scnc2C)cc([N+](=O)[O-])c1. The molecule has 116 valence electrons. The lowest BCUT2D eigenvalue weighted by Gasteiger charge is -2.07. The Morgan fingerprint density at radius 3 is 2.77 bits per heavy atom. The molecule has 0 radical (unpaired) electrons. The predicted octanol–water partition coefficient (Wildman–Crippen LogP) is 2.77. The lowest BCUT2D eigenvalue weighted by Crippen LogP contribution is -2.05. The first-order valence-electron chi connectivity index (χ1n) is 6.41. The van der Waals surface area contributed by atoms with E-state index in [4.69, 9.17) is 4.74 Å². The van der Waals surface area contributed by atoms with Gasteiger partial charge in [-0.15, -0.1) is 11.3 Å². The first-order chi connectivity index (χ1) is 10.5. The van der Waals surface area contributed by atoms with Crippen LogP contribution in [-0.2, 0) is 11.2 Å². The molecule has 0 amide bonds. The van der Waals surface area contributed by atoms with Gasteiger partial charge < -0.3 is 9.47 Å². The van der Waals surface area contributed by atoms with Crippen LogP contribution in [0.4, 0.5) is 5.69 Å². The maximum atomic E-state index is 11.5. The quantitative estimate of drug-likeness (QED) is 0.461. The molecule has 0 unspecified atom stereocenters. The Kier molecular flexibility index (Phi) is 5.05. The molecular weight excluding hydrogens is 308 g/mol. The normalized spacial score (nSPS) is 10.3. The summed E-state index contributed by atoms with van der Waals surface area (Å²) in [5.74, 6) is -0.386. The van der Waals surface area contributed by atoms with E-state index >= 15 is 0 Å². The van der Waals surface area contributed by atoms with Crippen molar-refractivity contribution in [2.45, 2.75) is 13.3 Å². The fourth-order valence-electron chi connectivity index (χ4n) is 1.84. The van der Waals surface area contributed by atoms with Crippen LogP contribution in [0.25, 0.3) is 0 Å². The number of hydrogen-bond donors (Lipinski definition) is 0. The summed E-state index contributed by atoms with van der Waals surface area (Å²) < 4.78 is 10.1. The number of aromatic nitrogens is 1. The number of nitro groups is 1. The second-order valence-corrected chi connectivity index (χ2v) is 5.36. The summed E-state index contributed by atoms with van der Waals surface area (Å²) in [6, 6.07) is 3.87. The van der Waals surface area contributed by atoms with Crippen LogP contribution in [0.1, 0.15) is 20.9 Å². The zero-order valence-electron chi connectivity index (χ0n) is 12.1. The van der Waals surface area contributed by atoms with Gasteiger partial charge in [0.2, 0.25) is 0 Å². The summed E-state index contributed by atoms with van der Waals surface area (Å²) in [6.45, 7) is 2.25. The number of carbonyl (C=O) groups is 1. The topological polar surface area (TPSA) is 91.6 Å². The summed E-state index contributed by atoms with van der Waals surface area (Å²) in [7, 11) is 1.22. The van der Waals surface area contributed by atoms with Crippen molar-refractivity contribution in [3.63, 3.8) is 0 Å². The average molecular weight is 322 g/mol. The number of hydrogen-bond acceptors (Lipinski definition) is 7. The van der Waals surface area contributed by atoms with Crippen molar-refractivity contribution in [3.8, 4) is 5.75 Å². The Labute approximate surface area is 130 Å². The van der Waals surface area contributed by atoms with Gasteiger partial charge in [-0.3, -0.25) is 10.1 Å². The molecule has 0 fully saturated rings. The van der Waals surface area contributed by atoms with Gasteiger partial charge in [-0.25, -0.2) is 9.78 Å². The molecule has 7 nitrogen and oxygen atoms in total. The molecule has 0 N–H and O–H groups in total. The van der Waals surface area contributed by atoms with E-state index in [1.54, 1.807) is 5.51 Å². The van der Waals surface area contributed by atoms with Crippen molar-refractivity contribution in [1.29, 1.82) is 0 Å². The van der Waals surface area contributed by atoms with Crippen LogP contribution in [0.2, 0.25) is 0 Å². The van der Waals surface area contributed by atoms with E-state index in [-0.39, 0.29) is 17.0 Å². The molecule has 2 rings (SSSR count). The average Bonchev–Trinajstić information content (AvgIpc) is 2.91. The van der Waals surface area contributed by atoms with E-state index in [1.165, 1.54) is 30.6 Å². The second-order valence-electron chi connectivity index (χ2n) is 4.42. The molecule has 0 aliphatic heterocycles. The number of esters is 1. The molecule has 0 atom stereocenters. The Morgan fingerprint density at radius 1 is 1.41 bits per heavy atom. The molecule has 0 aliphatic carbocycles. The van der Waals surface area contributed by atoms with Crippen LogP contribution in [0.15, 0.2) is 23.7 Å². The summed E-state index contributed by atoms with van der Waals surface area (Å²) >= 11 is 1.53. The van der Waals surface area contributed by atoms with Gasteiger partial charge in [-0.2, -0.15) is 0 Å². The van der Waals surface area contributed by atoms with Gasteiger partial charge in [0.05, 0.1) is 41.5 Å². The molecule has 1 aromatic carbocycles. The van der Waals surface area contributed by atoms with E-state index < -0.39 is 10.9 Å². The lowest BCUT2D eigenvalue weighted by molar-refractivity contribution is -0.385. The fourth-order valence-corrected chi connectivity index (χ4v) is 2.60. The van der Waals surface area contributed by atoms with Crippen LogP contribution in [-0.4, -0.2) is 29.6 Å². The maximum absolute atomic E-state index is 11.5. The van der Waals surface area contributed by atoms with Crippen molar-refractivity contribution in [2.24, 2.45) is 0 Å². The monoisotopic (exact) mass is 322 g/mol. The third kappa shape index (κ3) is 3.79. The van der Waals surface area contributed by atoms with Crippen molar-refractivity contribution in [3.05, 3.63) is 50.0 Å². The number of thiazole rings is 1. The molecule has 1 aromatic heterocycles. The van der Waals surface area contributed by atoms with Crippen LogP contribution < -0.4 is 4.74 Å². The number of non-ortho nitro benzene ring substituents is 1. The van der Waals surface area contributed by atoms with Crippen molar-refractivity contribution in [2.75, 3.05) is 13.7 Å². The van der Waals surface area contributed by atoms with Gasteiger partial charge in [-0.05, 0) is 13.0 Å². The standard InChI is InChI=1S/C14H14N2O5S/c1-9-13(22-8-15-9)3-4-21-12-6-10(14(17)20-2)5-11(7-12)16(18)19/h5-8H,3-4H2,1-2H3. The third-order valence-corrected chi connectivity index (χ3v) is 3.96. The van der Waals surface area contributed by atoms with Crippen LogP contribution in [0.5, 0.6) is 5.75 Å². The molecule has 0 spiro atoms.